The molecule has 0 aliphatic heterocycles. The number of rotatable bonds is 8. The average molecular weight is 503 g/mol. The highest BCUT2D eigenvalue weighted by Gasteiger charge is 2.29. The van der Waals surface area contributed by atoms with Crippen LogP contribution in [0.5, 0.6) is 0 Å². The van der Waals surface area contributed by atoms with E-state index in [1.807, 2.05) is 32.0 Å². The number of aliphatic hydroxyl groups is 1. The molecule has 1 aromatic heterocycles. The number of hydrogen-bond donors (Lipinski definition) is 2. The molecule has 2 aliphatic rings. The fraction of sp³-hybridized carbons (Fsp3) is 0.560. The van der Waals surface area contributed by atoms with Crippen LogP contribution >= 0.6 is 0 Å². The molecule has 10 heteroatoms. The molecular formula is C25H34N4O5S. The molecule has 0 saturated carbocycles. The number of fused-ring (bicyclic) bond motifs is 1. The predicted molar refractivity (Wildman–Crippen MR) is 134 cm³/mol. The molecule has 1 aromatic carbocycles. The molecule has 0 spiro atoms. The second-order valence-electron chi connectivity index (χ2n) is 9.32. The fourth-order valence-electron chi connectivity index (χ4n) is 4.84. The first-order chi connectivity index (χ1) is 16.8. The van der Waals surface area contributed by atoms with Crippen LogP contribution in [0.25, 0.3) is 11.4 Å². The van der Waals surface area contributed by atoms with Crippen molar-refractivity contribution in [2.24, 2.45) is 4.99 Å². The fourth-order valence-corrected chi connectivity index (χ4v) is 5.88. The quantitative estimate of drug-likeness (QED) is 0.564. The first-order valence-electron chi connectivity index (χ1n) is 12.2. The van der Waals surface area contributed by atoms with Crippen molar-refractivity contribution in [1.29, 1.82) is 0 Å². The number of aromatic nitrogens is 2. The van der Waals surface area contributed by atoms with Crippen LogP contribution in [0, 0.1) is 0 Å². The molecule has 0 saturated heterocycles. The minimum Gasteiger partial charge on any atom is -0.489 e. The molecular weight excluding hydrogens is 468 g/mol. The maximum Gasteiger partial charge on any atom is 0.230 e. The average Bonchev–Trinajstić information content (AvgIpc) is 3.21. The number of allylic oxidation sites excluding steroid dienone is 2. The highest BCUT2D eigenvalue weighted by Crippen LogP contribution is 2.37. The number of nitrogens with one attached hydrogen (secondary N) is 1. The molecule has 190 valence electrons. The van der Waals surface area contributed by atoms with E-state index >= 15 is 0 Å². The van der Waals surface area contributed by atoms with E-state index in [2.05, 4.69) is 20.9 Å². The van der Waals surface area contributed by atoms with Gasteiger partial charge in [0.1, 0.15) is 5.76 Å². The van der Waals surface area contributed by atoms with Crippen molar-refractivity contribution >= 4 is 15.7 Å². The van der Waals surface area contributed by atoms with E-state index in [1.54, 1.807) is 7.05 Å². The number of aliphatic hydroxyl groups excluding tert-OH is 1. The highest BCUT2D eigenvalue weighted by atomic mass is 32.2. The Morgan fingerprint density at radius 3 is 2.89 bits per heavy atom. The molecule has 9 nitrogen and oxygen atoms in total. The third-order valence-corrected chi connectivity index (χ3v) is 7.79. The largest absolute Gasteiger partial charge is 0.489 e. The minimum atomic E-state index is -3.56. The number of hydrogen-bond acceptors (Lipinski definition) is 8. The summed E-state index contributed by atoms with van der Waals surface area (Å²) in [6, 6.07) is 5.47. The molecule has 2 N–H and O–H groups in total. The van der Waals surface area contributed by atoms with E-state index in [9.17, 15) is 8.42 Å². The zero-order valence-electron chi connectivity index (χ0n) is 20.5. The van der Waals surface area contributed by atoms with Gasteiger partial charge in [0.15, 0.2) is 0 Å². The SMILES string of the molecule is CN=C1CC(c2nc(-c3cccc4c3CCCC4NS(=O)(=O)CCO)no2)CCC=C1OC(C)C. The third kappa shape index (κ3) is 5.99. The Kier molecular flexibility index (Phi) is 8.03. The van der Waals surface area contributed by atoms with Crippen molar-refractivity contribution in [3.05, 3.63) is 47.1 Å². The summed E-state index contributed by atoms with van der Waals surface area (Å²) in [5.74, 6) is 1.65. The molecule has 0 radical (unpaired) electrons. The van der Waals surface area contributed by atoms with Gasteiger partial charge in [0, 0.05) is 31.0 Å². The third-order valence-electron chi connectivity index (χ3n) is 6.42. The molecule has 2 unspecified atom stereocenters. The van der Waals surface area contributed by atoms with Crippen molar-refractivity contribution < 1.29 is 22.8 Å². The molecule has 2 aromatic rings. The van der Waals surface area contributed by atoms with Gasteiger partial charge in [-0.15, -0.1) is 0 Å². The lowest BCUT2D eigenvalue weighted by atomic mass is 9.85. The van der Waals surface area contributed by atoms with Crippen LogP contribution in [0.3, 0.4) is 0 Å². The van der Waals surface area contributed by atoms with E-state index in [0.29, 0.717) is 24.6 Å². The summed E-state index contributed by atoms with van der Waals surface area (Å²) in [5, 5.41) is 13.4. The van der Waals surface area contributed by atoms with Crippen LogP contribution in [0.15, 0.2) is 39.5 Å². The minimum absolute atomic E-state index is 0.0389. The lowest BCUT2D eigenvalue weighted by molar-refractivity contribution is 0.162. The van der Waals surface area contributed by atoms with Crippen LogP contribution in [0.1, 0.15) is 74.9 Å². The lowest BCUT2D eigenvalue weighted by Gasteiger charge is -2.27. The van der Waals surface area contributed by atoms with Crippen LogP contribution < -0.4 is 4.72 Å². The summed E-state index contributed by atoms with van der Waals surface area (Å²) in [4.78, 5) is 9.22. The van der Waals surface area contributed by atoms with Crippen LogP contribution in [-0.2, 0) is 21.2 Å². The van der Waals surface area contributed by atoms with Gasteiger partial charge in [-0.2, -0.15) is 4.98 Å². The van der Waals surface area contributed by atoms with Gasteiger partial charge in [-0.05, 0) is 63.2 Å². The Hall–Kier alpha value is -2.56. The monoisotopic (exact) mass is 502 g/mol. The topological polar surface area (TPSA) is 127 Å². The van der Waals surface area contributed by atoms with Gasteiger partial charge < -0.3 is 14.4 Å². The number of ether oxygens (including phenoxy) is 1. The molecule has 2 aliphatic carbocycles. The number of sulfonamides is 1. The van der Waals surface area contributed by atoms with Gasteiger partial charge in [-0.1, -0.05) is 23.4 Å². The molecule has 4 rings (SSSR count). The first-order valence-corrected chi connectivity index (χ1v) is 13.9. The summed E-state index contributed by atoms with van der Waals surface area (Å²) in [7, 11) is -1.79. The van der Waals surface area contributed by atoms with Crippen LogP contribution in [0.4, 0.5) is 0 Å². The van der Waals surface area contributed by atoms with Crippen molar-refractivity contribution in [1.82, 2.24) is 14.9 Å². The molecule has 0 bridgehead atoms. The Labute approximate surface area is 206 Å². The molecule has 1 heterocycles. The Morgan fingerprint density at radius 2 is 2.14 bits per heavy atom. The van der Waals surface area contributed by atoms with E-state index in [1.165, 1.54) is 0 Å². The van der Waals surface area contributed by atoms with Gasteiger partial charge in [0.2, 0.25) is 21.7 Å². The molecule has 0 amide bonds. The van der Waals surface area contributed by atoms with Crippen LogP contribution in [0.2, 0.25) is 0 Å². The Bertz CT molecular complexity index is 1200. The zero-order chi connectivity index (χ0) is 25.0. The number of aliphatic imine (C=N–C) groups is 1. The van der Waals surface area contributed by atoms with E-state index < -0.39 is 16.6 Å². The zero-order valence-corrected chi connectivity index (χ0v) is 21.3. The molecule has 0 fully saturated rings. The van der Waals surface area contributed by atoms with Gasteiger partial charge in [-0.25, -0.2) is 13.1 Å². The van der Waals surface area contributed by atoms with Crippen molar-refractivity contribution in [2.45, 2.75) is 70.4 Å². The van der Waals surface area contributed by atoms with Gasteiger partial charge in [-0.3, -0.25) is 4.99 Å². The maximum atomic E-state index is 12.3. The second kappa shape index (κ2) is 11.0. The van der Waals surface area contributed by atoms with Crippen molar-refractivity contribution in [2.75, 3.05) is 19.4 Å². The van der Waals surface area contributed by atoms with E-state index in [-0.39, 0.29) is 23.8 Å². The molecule has 35 heavy (non-hydrogen) atoms. The maximum absolute atomic E-state index is 12.3. The smallest absolute Gasteiger partial charge is 0.230 e. The lowest BCUT2D eigenvalue weighted by Crippen LogP contribution is -2.33. The molecule has 2 atom stereocenters. The first kappa shape index (κ1) is 25.5. The summed E-state index contributed by atoms with van der Waals surface area (Å²) in [5.41, 5.74) is 3.73. The van der Waals surface area contributed by atoms with E-state index in [4.69, 9.17) is 19.4 Å². The predicted octanol–water partition coefficient (Wildman–Crippen LogP) is 3.67. The highest BCUT2D eigenvalue weighted by molar-refractivity contribution is 7.89. The Balaban J connectivity index is 1.57. The van der Waals surface area contributed by atoms with Gasteiger partial charge in [0.25, 0.3) is 0 Å². The summed E-state index contributed by atoms with van der Waals surface area (Å²) >= 11 is 0. The standard InChI is InChI=1S/C25H34N4O5S/c1-16(2)33-23-12-4-7-17(15-22(23)26-3)25-27-24(28-34-25)20-10-5-9-19-18(20)8-6-11-21(19)29-35(31,32)14-13-30/h5,9-10,12,16-17,21,29-30H,4,6-8,11,13-15H2,1-3H3. The van der Waals surface area contributed by atoms with E-state index in [0.717, 1.165) is 53.8 Å². The summed E-state index contributed by atoms with van der Waals surface area (Å²) in [6.45, 7) is 3.60. The van der Waals surface area contributed by atoms with Crippen molar-refractivity contribution in [3.63, 3.8) is 0 Å². The van der Waals surface area contributed by atoms with Crippen molar-refractivity contribution in [3.8, 4) is 11.4 Å². The number of benzene rings is 1. The number of nitrogens with zero attached hydrogens (tertiary/aromatic N) is 3. The Morgan fingerprint density at radius 1 is 1.31 bits per heavy atom. The van der Waals surface area contributed by atoms with Crippen LogP contribution in [-0.4, -0.2) is 54.9 Å². The van der Waals surface area contributed by atoms with Gasteiger partial charge >= 0.3 is 0 Å². The summed E-state index contributed by atoms with van der Waals surface area (Å²) in [6.07, 6.45) is 6.86. The normalized spacial score (nSPS) is 22.1. The second-order valence-corrected chi connectivity index (χ2v) is 11.2. The summed E-state index contributed by atoms with van der Waals surface area (Å²) < 4.78 is 39.0. The van der Waals surface area contributed by atoms with Gasteiger partial charge in [0.05, 0.1) is 24.2 Å².